The molecule has 1 aromatic heterocycles. The lowest BCUT2D eigenvalue weighted by Gasteiger charge is -1.98. The fraction of sp³-hybridized carbons (Fsp3) is 0.167. The van der Waals surface area contributed by atoms with E-state index >= 15 is 0 Å². The number of hydrogen-bond acceptors (Lipinski definition) is 7. The van der Waals surface area contributed by atoms with Crippen molar-refractivity contribution in [3.8, 4) is 0 Å². The van der Waals surface area contributed by atoms with Gasteiger partial charge in [0.2, 0.25) is 0 Å². The van der Waals surface area contributed by atoms with Crippen LogP contribution in [0.1, 0.15) is 0 Å². The van der Waals surface area contributed by atoms with Crippen LogP contribution in [0, 0.1) is 20.2 Å². The van der Waals surface area contributed by atoms with Crippen molar-refractivity contribution in [3.05, 3.63) is 32.5 Å². The first-order chi connectivity index (χ1) is 7.06. The van der Waals surface area contributed by atoms with Crippen molar-refractivity contribution in [2.75, 3.05) is 6.26 Å². The van der Waals surface area contributed by atoms with E-state index in [1.807, 2.05) is 0 Å². The summed E-state index contributed by atoms with van der Waals surface area (Å²) < 4.78 is 0. The van der Waals surface area contributed by atoms with E-state index in [4.69, 9.17) is 0 Å². The quantitative estimate of drug-likeness (QED) is 0.457. The minimum absolute atomic E-state index is 0.165. The molecule has 0 bridgehead atoms. The molecule has 0 amide bonds. The molecule has 0 radical (unpaired) electrons. The molecule has 1 rings (SSSR count). The maximum absolute atomic E-state index is 10.6. The van der Waals surface area contributed by atoms with Crippen molar-refractivity contribution in [3.63, 3.8) is 0 Å². The fourth-order valence-electron chi connectivity index (χ4n) is 0.804. The number of pyridine rings is 1. The summed E-state index contributed by atoms with van der Waals surface area (Å²) in [6, 6.07) is 0.908. The molecule has 0 fully saturated rings. The Kier molecular flexibility index (Phi) is 3.86. The lowest BCUT2D eigenvalue weighted by atomic mass is 10.4. The van der Waals surface area contributed by atoms with Gasteiger partial charge in [-0.2, -0.15) is 0 Å². The lowest BCUT2D eigenvalue weighted by molar-refractivity contribution is -0.396. The largest absolute Gasteiger partial charge is 0.309 e. The summed E-state index contributed by atoms with van der Waals surface area (Å²) >= 11 is 0. The maximum atomic E-state index is 10.6. The first-order valence-electron chi connectivity index (χ1n) is 3.55. The highest BCUT2D eigenvalue weighted by Crippen LogP contribution is 2.35. The van der Waals surface area contributed by atoms with Crippen LogP contribution in [0.4, 0.5) is 11.4 Å². The molecule has 0 saturated carbocycles. The molecule has 1 heterocycles. The predicted octanol–water partition coefficient (Wildman–Crippen LogP) is 2.27. The van der Waals surface area contributed by atoms with Crippen LogP contribution >= 0.6 is 21.6 Å². The Bertz CT molecular complexity index is 411. The van der Waals surface area contributed by atoms with E-state index < -0.39 is 9.85 Å². The van der Waals surface area contributed by atoms with E-state index in [-0.39, 0.29) is 16.4 Å². The number of aromatic nitrogens is 1. The smallest absolute Gasteiger partial charge is 0.258 e. The highest BCUT2D eigenvalue weighted by atomic mass is 33.1. The first kappa shape index (κ1) is 11.7. The second-order valence-corrected chi connectivity index (χ2v) is 4.67. The van der Waals surface area contributed by atoms with Crippen LogP contribution in [0.15, 0.2) is 17.3 Å². The number of rotatable bonds is 4. The van der Waals surface area contributed by atoms with Crippen LogP contribution in [0.2, 0.25) is 0 Å². The monoisotopic (exact) mass is 247 g/mol. The molecule has 0 atom stereocenters. The van der Waals surface area contributed by atoms with Crippen molar-refractivity contribution < 1.29 is 9.85 Å². The molecule has 0 aromatic carbocycles. The van der Waals surface area contributed by atoms with Crippen LogP contribution in [0.3, 0.4) is 0 Å². The molecule has 1 aromatic rings. The number of hydrogen-bond donors (Lipinski definition) is 0. The topological polar surface area (TPSA) is 99.2 Å². The van der Waals surface area contributed by atoms with E-state index in [1.165, 1.54) is 10.8 Å². The fourth-order valence-corrected chi connectivity index (χ4v) is 2.14. The zero-order chi connectivity index (χ0) is 11.4. The molecule has 80 valence electrons. The third-order valence-electron chi connectivity index (χ3n) is 1.39. The summed E-state index contributed by atoms with van der Waals surface area (Å²) in [5, 5.41) is 21.1. The summed E-state index contributed by atoms with van der Waals surface area (Å²) in [5.41, 5.74) is -0.726. The predicted molar refractivity (Wildman–Crippen MR) is 56.9 cm³/mol. The molecule has 0 unspecified atom stereocenters. The van der Waals surface area contributed by atoms with Gasteiger partial charge in [-0.1, -0.05) is 10.8 Å². The van der Waals surface area contributed by atoms with Gasteiger partial charge >= 0.3 is 5.69 Å². The van der Waals surface area contributed by atoms with Gasteiger partial charge in [-0.15, -0.1) is 0 Å². The van der Waals surface area contributed by atoms with E-state index in [2.05, 4.69) is 4.98 Å². The van der Waals surface area contributed by atoms with Gasteiger partial charge in [0.05, 0.1) is 15.9 Å². The highest BCUT2D eigenvalue weighted by molar-refractivity contribution is 8.76. The van der Waals surface area contributed by atoms with Crippen molar-refractivity contribution >= 4 is 33.0 Å². The molecule has 0 aliphatic rings. The second-order valence-electron chi connectivity index (χ2n) is 2.28. The summed E-state index contributed by atoms with van der Waals surface area (Å²) in [6.07, 6.45) is 2.74. The van der Waals surface area contributed by atoms with Crippen molar-refractivity contribution in [2.24, 2.45) is 0 Å². The van der Waals surface area contributed by atoms with E-state index in [9.17, 15) is 20.2 Å². The first-order valence-corrected chi connectivity index (χ1v) is 6.11. The van der Waals surface area contributed by atoms with Gasteiger partial charge in [0.15, 0.2) is 5.03 Å². The SMILES string of the molecule is CSSc1ncc([N+](=O)[O-])cc1[N+](=O)[O-]. The average molecular weight is 247 g/mol. The summed E-state index contributed by atoms with van der Waals surface area (Å²) in [4.78, 5) is 23.2. The lowest BCUT2D eigenvalue weighted by Crippen LogP contribution is -1.96. The van der Waals surface area contributed by atoms with Crippen LogP contribution in [-0.2, 0) is 0 Å². The van der Waals surface area contributed by atoms with Gasteiger partial charge in [-0.05, 0) is 17.0 Å². The third-order valence-corrected chi connectivity index (χ3v) is 3.00. The minimum atomic E-state index is -0.715. The third kappa shape index (κ3) is 2.80. The Morgan fingerprint density at radius 1 is 1.33 bits per heavy atom. The normalized spacial score (nSPS) is 9.93. The van der Waals surface area contributed by atoms with Gasteiger partial charge in [0.1, 0.15) is 6.20 Å². The van der Waals surface area contributed by atoms with Gasteiger partial charge < -0.3 is 0 Å². The highest BCUT2D eigenvalue weighted by Gasteiger charge is 2.20. The van der Waals surface area contributed by atoms with E-state index in [0.717, 1.165) is 23.1 Å². The Morgan fingerprint density at radius 3 is 2.47 bits per heavy atom. The van der Waals surface area contributed by atoms with Crippen molar-refractivity contribution in [2.45, 2.75) is 5.03 Å². The van der Waals surface area contributed by atoms with Gasteiger partial charge in [-0.25, -0.2) is 4.98 Å². The Hall–Kier alpha value is -1.35. The van der Waals surface area contributed by atoms with E-state index in [1.54, 1.807) is 6.26 Å². The number of nitrogens with zero attached hydrogens (tertiary/aromatic N) is 3. The van der Waals surface area contributed by atoms with Crippen molar-refractivity contribution in [1.29, 1.82) is 0 Å². The molecule has 7 nitrogen and oxygen atoms in total. The maximum Gasteiger partial charge on any atom is 0.309 e. The van der Waals surface area contributed by atoms with Gasteiger partial charge in [-0.3, -0.25) is 20.2 Å². The molecule has 0 aliphatic heterocycles. The molecular weight excluding hydrogens is 242 g/mol. The molecule has 15 heavy (non-hydrogen) atoms. The molecule has 0 N–H and O–H groups in total. The molecule has 0 spiro atoms. The summed E-state index contributed by atoms with van der Waals surface area (Å²) in [7, 11) is 2.37. The Morgan fingerprint density at radius 2 is 2.00 bits per heavy atom. The van der Waals surface area contributed by atoms with Gasteiger partial charge in [0, 0.05) is 0 Å². The standard InChI is InChI=1S/C6H5N3O4S2/c1-14-15-6-5(9(12)13)2-4(3-7-6)8(10)11/h2-3H,1H3. The van der Waals surface area contributed by atoms with Crippen LogP contribution < -0.4 is 0 Å². The Labute approximate surface area is 92.0 Å². The second kappa shape index (κ2) is 4.94. The number of nitro groups is 2. The molecular formula is C6H5N3O4S2. The minimum Gasteiger partial charge on any atom is -0.258 e. The summed E-state index contributed by atoms with van der Waals surface area (Å²) in [5.74, 6) is 0. The summed E-state index contributed by atoms with van der Waals surface area (Å²) in [6.45, 7) is 0. The molecule has 0 aliphatic carbocycles. The van der Waals surface area contributed by atoms with Crippen LogP contribution in [0.25, 0.3) is 0 Å². The molecule has 9 heteroatoms. The Balaban J connectivity index is 3.20. The average Bonchev–Trinajstić information content (AvgIpc) is 2.18. The van der Waals surface area contributed by atoms with Crippen molar-refractivity contribution in [1.82, 2.24) is 4.98 Å². The molecule has 0 saturated heterocycles. The zero-order valence-electron chi connectivity index (χ0n) is 7.45. The van der Waals surface area contributed by atoms with E-state index in [0.29, 0.717) is 0 Å². The zero-order valence-corrected chi connectivity index (χ0v) is 9.08. The van der Waals surface area contributed by atoms with Crippen LogP contribution in [-0.4, -0.2) is 21.1 Å². The van der Waals surface area contributed by atoms with Gasteiger partial charge in [0.25, 0.3) is 5.69 Å². The van der Waals surface area contributed by atoms with Crippen LogP contribution in [0.5, 0.6) is 0 Å².